The van der Waals surface area contributed by atoms with Crippen molar-refractivity contribution in [1.82, 2.24) is 4.98 Å². The molecule has 0 aliphatic heterocycles. The minimum absolute atomic E-state index is 0. The molecule has 1 heterocycles. The van der Waals surface area contributed by atoms with Crippen molar-refractivity contribution in [2.24, 2.45) is 0 Å². The first-order valence-electron chi connectivity index (χ1n) is 10.1. The summed E-state index contributed by atoms with van der Waals surface area (Å²) in [4.78, 5) is 28.7. The molecule has 0 spiro atoms. The van der Waals surface area contributed by atoms with Crippen molar-refractivity contribution in [3.63, 3.8) is 0 Å². The molecule has 0 atom stereocenters. The van der Waals surface area contributed by atoms with Gasteiger partial charge in [0.25, 0.3) is 5.91 Å². The molecular formula is C26H18F3N2NaO3. The maximum atomic E-state index is 13.1. The van der Waals surface area contributed by atoms with Crippen LogP contribution in [0.15, 0.2) is 91.3 Å². The summed E-state index contributed by atoms with van der Waals surface area (Å²) in [5.74, 6) is -1.89. The molecule has 2 N–H and O–H groups in total. The van der Waals surface area contributed by atoms with Crippen LogP contribution < -0.4 is 34.9 Å². The summed E-state index contributed by atoms with van der Waals surface area (Å²) in [6, 6.07) is 19.5. The molecule has 0 saturated carbocycles. The Hall–Kier alpha value is -3.46. The molecule has 0 bridgehead atoms. The van der Waals surface area contributed by atoms with Crippen molar-refractivity contribution in [1.29, 1.82) is 0 Å². The Bertz CT molecular complexity index is 1380. The third-order valence-electron chi connectivity index (χ3n) is 5.13. The molecule has 35 heavy (non-hydrogen) atoms. The Morgan fingerprint density at radius 1 is 0.800 bits per heavy atom. The molecule has 4 aromatic rings. The van der Waals surface area contributed by atoms with Crippen LogP contribution in [0.4, 0.5) is 18.9 Å². The van der Waals surface area contributed by atoms with Crippen molar-refractivity contribution in [2.45, 2.75) is 6.18 Å². The summed E-state index contributed by atoms with van der Waals surface area (Å²) in [5.41, 5.74) is 1.22. The Labute approximate surface area is 222 Å². The van der Waals surface area contributed by atoms with Crippen molar-refractivity contribution in [3.05, 3.63) is 108 Å². The van der Waals surface area contributed by atoms with E-state index in [1.54, 1.807) is 12.3 Å². The molecule has 9 heteroatoms. The fourth-order valence-corrected chi connectivity index (χ4v) is 3.44. The van der Waals surface area contributed by atoms with Crippen molar-refractivity contribution < 1.29 is 58.9 Å². The van der Waals surface area contributed by atoms with Gasteiger partial charge in [-0.25, -0.2) is 4.79 Å². The van der Waals surface area contributed by atoms with Gasteiger partial charge in [-0.3, -0.25) is 9.78 Å². The minimum atomic E-state index is -4.52. The smallest absolute Gasteiger partial charge is 1.00 e. The molecule has 0 unspecified atom stereocenters. The molecule has 1 amide bonds. The normalized spacial score (nSPS) is 10.8. The average Bonchev–Trinajstić information content (AvgIpc) is 2.84. The molecule has 0 radical (unpaired) electrons. The largest absolute Gasteiger partial charge is 1.00 e. The number of hydrogen-bond donors (Lipinski definition) is 2. The second-order valence-electron chi connectivity index (χ2n) is 7.43. The predicted molar refractivity (Wildman–Crippen MR) is 123 cm³/mol. The van der Waals surface area contributed by atoms with Crippen molar-refractivity contribution in [3.8, 4) is 22.3 Å². The first kappa shape index (κ1) is 26.2. The maximum absolute atomic E-state index is 13.1. The summed E-state index contributed by atoms with van der Waals surface area (Å²) in [6.07, 6.45) is -1.58. The second-order valence-corrected chi connectivity index (χ2v) is 7.43. The van der Waals surface area contributed by atoms with E-state index in [1.165, 1.54) is 36.5 Å². The Balaban J connectivity index is 0.00000228. The summed E-state index contributed by atoms with van der Waals surface area (Å²) in [7, 11) is 0. The number of anilines is 1. The van der Waals surface area contributed by atoms with Gasteiger partial charge in [0.2, 0.25) is 0 Å². The number of aromatic nitrogens is 1. The van der Waals surface area contributed by atoms with Gasteiger partial charge in [0, 0.05) is 18.0 Å². The first-order valence-corrected chi connectivity index (χ1v) is 10.1. The van der Waals surface area contributed by atoms with E-state index in [-0.39, 0.29) is 53.4 Å². The number of carbonyl (C=O) groups excluding carboxylic acids is 1. The molecule has 0 fully saturated rings. The fourth-order valence-electron chi connectivity index (χ4n) is 3.44. The van der Waals surface area contributed by atoms with Crippen molar-refractivity contribution in [2.75, 3.05) is 5.32 Å². The molecule has 3 aromatic carbocycles. The van der Waals surface area contributed by atoms with Crippen LogP contribution in [-0.2, 0) is 6.18 Å². The van der Waals surface area contributed by atoms with Crippen LogP contribution >= 0.6 is 0 Å². The van der Waals surface area contributed by atoms with E-state index in [0.717, 1.165) is 17.7 Å². The number of nitrogens with zero attached hydrogens (tertiary/aromatic N) is 1. The number of rotatable bonds is 5. The summed E-state index contributed by atoms with van der Waals surface area (Å²) in [6.45, 7) is 0. The zero-order valence-corrected chi connectivity index (χ0v) is 20.5. The number of halogens is 3. The molecule has 0 aliphatic carbocycles. The van der Waals surface area contributed by atoms with E-state index in [9.17, 15) is 27.9 Å². The number of carbonyl (C=O) groups is 2. The standard InChI is InChI=1S/C26H17F3N2O3.Na.H/c27-26(28,29)21-8-4-7-17(12-21)18-9-10-22(25(33)34)23(13-18)31-24(32)20-11-19(14-30-15-20)16-5-2-1-3-6-16;;/h1-15H,(H,31,32)(H,33,34);;/q;+1;-1. The van der Waals surface area contributed by atoms with E-state index in [0.29, 0.717) is 11.1 Å². The number of aromatic carboxylic acids is 1. The van der Waals surface area contributed by atoms with Crippen LogP contribution in [0.25, 0.3) is 22.3 Å². The Morgan fingerprint density at radius 2 is 1.49 bits per heavy atom. The number of pyridine rings is 1. The summed E-state index contributed by atoms with van der Waals surface area (Å²) < 4.78 is 39.3. The number of carboxylic acid groups (broad SMARTS) is 1. The van der Waals surface area contributed by atoms with Gasteiger partial charge < -0.3 is 11.8 Å². The van der Waals surface area contributed by atoms with E-state index < -0.39 is 23.6 Å². The number of alkyl halides is 3. The molecule has 1 aromatic heterocycles. The van der Waals surface area contributed by atoms with Gasteiger partial charge in [0.1, 0.15) is 0 Å². The maximum Gasteiger partial charge on any atom is 1.00 e. The van der Waals surface area contributed by atoms with Gasteiger partial charge >= 0.3 is 41.7 Å². The minimum Gasteiger partial charge on any atom is -1.00 e. The topological polar surface area (TPSA) is 79.3 Å². The molecule has 5 nitrogen and oxygen atoms in total. The van der Waals surface area contributed by atoms with Gasteiger partial charge in [-0.1, -0.05) is 48.5 Å². The van der Waals surface area contributed by atoms with Crippen LogP contribution in [0.5, 0.6) is 0 Å². The molecule has 0 saturated heterocycles. The van der Waals surface area contributed by atoms with Gasteiger partial charge in [0.15, 0.2) is 0 Å². The predicted octanol–water partition coefficient (Wildman–Crippen LogP) is 3.50. The molecule has 172 valence electrons. The number of amides is 1. The van der Waals surface area contributed by atoms with E-state index in [2.05, 4.69) is 10.3 Å². The number of hydrogen-bond acceptors (Lipinski definition) is 3. The van der Waals surface area contributed by atoms with Crippen LogP contribution in [0.2, 0.25) is 0 Å². The number of benzene rings is 3. The molecular weight excluding hydrogens is 468 g/mol. The van der Waals surface area contributed by atoms with Crippen LogP contribution in [0.3, 0.4) is 0 Å². The Kier molecular flexibility index (Phi) is 8.11. The molecule has 0 aliphatic rings. The van der Waals surface area contributed by atoms with Gasteiger partial charge in [-0.2, -0.15) is 13.2 Å². The first-order chi connectivity index (χ1) is 16.2. The quantitative estimate of drug-likeness (QED) is 0.424. The monoisotopic (exact) mass is 486 g/mol. The van der Waals surface area contributed by atoms with Crippen molar-refractivity contribution >= 4 is 17.6 Å². The van der Waals surface area contributed by atoms with Crippen LogP contribution in [0.1, 0.15) is 27.7 Å². The average molecular weight is 486 g/mol. The number of nitrogens with one attached hydrogen (secondary N) is 1. The van der Waals surface area contributed by atoms with E-state index in [4.69, 9.17) is 0 Å². The van der Waals surface area contributed by atoms with Crippen LogP contribution in [0, 0.1) is 0 Å². The summed E-state index contributed by atoms with van der Waals surface area (Å²) in [5, 5.41) is 12.1. The molecule has 4 rings (SSSR count). The van der Waals surface area contributed by atoms with Gasteiger partial charge in [-0.15, -0.1) is 0 Å². The zero-order valence-electron chi connectivity index (χ0n) is 19.5. The van der Waals surface area contributed by atoms with Gasteiger partial charge in [-0.05, 0) is 47.0 Å². The van der Waals surface area contributed by atoms with Crippen LogP contribution in [-0.4, -0.2) is 22.0 Å². The SMILES string of the molecule is O=C(Nc1cc(-c2cccc(C(F)(F)F)c2)ccc1C(=O)O)c1cncc(-c2ccccc2)c1.[H-].[Na+]. The fraction of sp³-hybridized carbons (Fsp3) is 0.0385. The second kappa shape index (κ2) is 10.9. The van der Waals surface area contributed by atoms with E-state index >= 15 is 0 Å². The Morgan fingerprint density at radius 3 is 2.17 bits per heavy atom. The van der Waals surface area contributed by atoms with Gasteiger partial charge in [0.05, 0.1) is 22.4 Å². The summed E-state index contributed by atoms with van der Waals surface area (Å²) >= 11 is 0. The zero-order chi connectivity index (χ0) is 24.3. The third kappa shape index (κ3) is 6.16. The van der Waals surface area contributed by atoms with E-state index in [1.807, 2.05) is 30.3 Å². The number of carboxylic acids is 1. The third-order valence-corrected chi connectivity index (χ3v) is 5.13.